The van der Waals surface area contributed by atoms with Gasteiger partial charge in [-0.2, -0.15) is 0 Å². The molecule has 0 aromatic carbocycles. The van der Waals surface area contributed by atoms with Gasteiger partial charge in [0.05, 0.1) is 0 Å². The number of hydrogen-bond acceptors (Lipinski definition) is 2. The molecule has 19 heavy (non-hydrogen) atoms. The summed E-state index contributed by atoms with van der Waals surface area (Å²) < 4.78 is 0. The van der Waals surface area contributed by atoms with Crippen molar-refractivity contribution in [1.29, 1.82) is 0 Å². The molecule has 2 saturated carbocycles. The van der Waals surface area contributed by atoms with Crippen LogP contribution in [0.4, 0.5) is 0 Å². The molecule has 2 aliphatic carbocycles. The van der Waals surface area contributed by atoms with Crippen molar-refractivity contribution in [2.24, 2.45) is 23.5 Å². The van der Waals surface area contributed by atoms with Crippen molar-refractivity contribution >= 4 is 0 Å². The first-order valence-corrected chi connectivity index (χ1v) is 8.41. The normalized spacial score (nSPS) is 44.5. The fraction of sp³-hybridized carbons (Fsp3) is 1.00. The summed E-state index contributed by atoms with van der Waals surface area (Å²) in [4.78, 5) is 2.70. The third kappa shape index (κ3) is 3.16. The van der Waals surface area contributed by atoms with Crippen LogP contribution in [0.3, 0.4) is 0 Å². The Morgan fingerprint density at radius 2 is 1.84 bits per heavy atom. The summed E-state index contributed by atoms with van der Waals surface area (Å²) in [5, 5.41) is 0. The van der Waals surface area contributed by atoms with E-state index < -0.39 is 0 Å². The molecule has 0 heterocycles. The lowest BCUT2D eigenvalue weighted by atomic mass is 9.69. The first-order chi connectivity index (χ1) is 8.98. The van der Waals surface area contributed by atoms with Gasteiger partial charge in [-0.15, -0.1) is 0 Å². The summed E-state index contributed by atoms with van der Waals surface area (Å²) in [5.74, 6) is 2.59. The topological polar surface area (TPSA) is 29.3 Å². The van der Waals surface area contributed by atoms with Crippen LogP contribution in [-0.2, 0) is 0 Å². The average Bonchev–Trinajstić information content (AvgIpc) is 2.41. The molecule has 2 nitrogen and oxygen atoms in total. The Bertz CT molecular complexity index is 291. The fourth-order valence-electron chi connectivity index (χ4n) is 4.47. The maximum atomic E-state index is 6.25. The van der Waals surface area contributed by atoms with Gasteiger partial charge in [0.25, 0.3) is 0 Å². The van der Waals surface area contributed by atoms with Gasteiger partial charge in [0.2, 0.25) is 0 Å². The van der Waals surface area contributed by atoms with Crippen molar-refractivity contribution in [3.63, 3.8) is 0 Å². The highest BCUT2D eigenvalue weighted by Gasteiger charge is 2.42. The Morgan fingerprint density at radius 1 is 1.11 bits per heavy atom. The molecule has 0 spiro atoms. The zero-order chi connectivity index (χ0) is 14.0. The molecule has 0 aromatic rings. The van der Waals surface area contributed by atoms with Gasteiger partial charge in [0.1, 0.15) is 0 Å². The van der Waals surface area contributed by atoms with Crippen LogP contribution in [0.15, 0.2) is 0 Å². The first-order valence-electron chi connectivity index (χ1n) is 8.41. The molecular weight excluding hydrogens is 232 g/mol. The second kappa shape index (κ2) is 6.13. The predicted molar refractivity (Wildman–Crippen MR) is 83.1 cm³/mol. The van der Waals surface area contributed by atoms with E-state index in [1.54, 1.807) is 0 Å². The Kier molecular flexibility index (Phi) is 4.94. The maximum Gasteiger partial charge on any atom is 0.0334 e. The van der Waals surface area contributed by atoms with E-state index in [1.165, 1.54) is 44.9 Å². The summed E-state index contributed by atoms with van der Waals surface area (Å²) in [6.45, 7) is 8.09. The summed E-state index contributed by atoms with van der Waals surface area (Å²) in [5.41, 5.74) is 6.53. The molecular formula is C17H34N2. The molecule has 2 aliphatic rings. The standard InChI is InChI=1S/C17H34N2/c1-13-6-5-7-16(10-13)19(4)17(12-18)9-8-14(2)15(3)11-17/h13-16H,5-12,18H2,1-4H3. The smallest absolute Gasteiger partial charge is 0.0334 e. The van der Waals surface area contributed by atoms with E-state index in [-0.39, 0.29) is 5.54 Å². The first kappa shape index (κ1) is 15.3. The van der Waals surface area contributed by atoms with E-state index in [9.17, 15) is 0 Å². The maximum absolute atomic E-state index is 6.25. The Hall–Kier alpha value is -0.0800. The minimum atomic E-state index is 0.285. The van der Waals surface area contributed by atoms with Gasteiger partial charge in [-0.25, -0.2) is 0 Å². The van der Waals surface area contributed by atoms with E-state index in [2.05, 4.69) is 32.7 Å². The summed E-state index contributed by atoms with van der Waals surface area (Å²) >= 11 is 0. The van der Waals surface area contributed by atoms with Crippen LogP contribution in [-0.4, -0.2) is 30.1 Å². The summed E-state index contributed by atoms with van der Waals surface area (Å²) in [6.07, 6.45) is 9.54. The van der Waals surface area contributed by atoms with Crippen molar-refractivity contribution < 1.29 is 0 Å². The molecule has 0 amide bonds. The lowest BCUT2D eigenvalue weighted by Crippen LogP contribution is -2.59. The van der Waals surface area contributed by atoms with E-state index >= 15 is 0 Å². The second-order valence-electron chi connectivity index (χ2n) is 7.66. The zero-order valence-electron chi connectivity index (χ0n) is 13.5. The molecule has 0 radical (unpaired) electrons. The highest BCUT2D eigenvalue weighted by molar-refractivity contribution is 4.99. The number of nitrogens with two attached hydrogens (primary N) is 1. The lowest BCUT2D eigenvalue weighted by molar-refractivity contribution is -0.00555. The van der Waals surface area contributed by atoms with E-state index in [0.717, 1.165) is 30.3 Å². The van der Waals surface area contributed by atoms with E-state index in [0.29, 0.717) is 0 Å². The molecule has 5 atom stereocenters. The van der Waals surface area contributed by atoms with Gasteiger partial charge >= 0.3 is 0 Å². The molecule has 5 unspecified atom stereocenters. The Labute approximate surface area is 120 Å². The number of hydrogen-bond donors (Lipinski definition) is 1. The summed E-state index contributed by atoms with van der Waals surface area (Å²) in [7, 11) is 2.36. The van der Waals surface area contributed by atoms with E-state index in [4.69, 9.17) is 5.73 Å². The van der Waals surface area contributed by atoms with Crippen LogP contribution in [0.2, 0.25) is 0 Å². The summed E-state index contributed by atoms with van der Waals surface area (Å²) in [6, 6.07) is 0.771. The van der Waals surface area contributed by atoms with Crippen LogP contribution in [0.5, 0.6) is 0 Å². The minimum absolute atomic E-state index is 0.285. The van der Waals surface area contributed by atoms with Gasteiger partial charge in [-0.05, 0) is 56.9 Å². The van der Waals surface area contributed by atoms with Crippen LogP contribution >= 0.6 is 0 Å². The van der Waals surface area contributed by atoms with Crippen molar-refractivity contribution in [1.82, 2.24) is 4.90 Å². The van der Waals surface area contributed by atoms with Crippen molar-refractivity contribution in [2.75, 3.05) is 13.6 Å². The minimum Gasteiger partial charge on any atom is -0.329 e. The van der Waals surface area contributed by atoms with E-state index in [1.807, 2.05) is 0 Å². The molecule has 0 aliphatic heterocycles. The molecule has 2 rings (SSSR count). The Balaban J connectivity index is 2.07. The van der Waals surface area contributed by atoms with Crippen LogP contribution < -0.4 is 5.73 Å². The molecule has 0 bridgehead atoms. The van der Waals surface area contributed by atoms with Crippen molar-refractivity contribution in [3.05, 3.63) is 0 Å². The monoisotopic (exact) mass is 266 g/mol. The quantitative estimate of drug-likeness (QED) is 0.845. The van der Waals surface area contributed by atoms with Gasteiger partial charge in [0.15, 0.2) is 0 Å². The molecule has 0 aromatic heterocycles. The van der Waals surface area contributed by atoms with Crippen LogP contribution in [0, 0.1) is 17.8 Å². The molecule has 2 N–H and O–H groups in total. The largest absolute Gasteiger partial charge is 0.329 e. The number of rotatable bonds is 3. The molecule has 112 valence electrons. The zero-order valence-corrected chi connectivity index (χ0v) is 13.5. The van der Waals surface area contributed by atoms with Gasteiger partial charge in [-0.1, -0.05) is 33.6 Å². The molecule has 2 heteroatoms. The SMILES string of the molecule is CC1CCCC(N(C)C2(CN)CCC(C)C(C)C2)C1. The number of nitrogens with zero attached hydrogens (tertiary/aromatic N) is 1. The molecule has 2 fully saturated rings. The molecule has 0 saturated heterocycles. The Morgan fingerprint density at radius 3 is 2.42 bits per heavy atom. The van der Waals surface area contributed by atoms with Crippen molar-refractivity contribution in [3.8, 4) is 0 Å². The van der Waals surface area contributed by atoms with Crippen LogP contribution in [0.1, 0.15) is 65.7 Å². The second-order valence-corrected chi connectivity index (χ2v) is 7.66. The average molecular weight is 266 g/mol. The highest BCUT2D eigenvalue weighted by Crippen LogP contribution is 2.41. The van der Waals surface area contributed by atoms with Crippen LogP contribution in [0.25, 0.3) is 0 Å². The van der Waals surface area contributed by atoms with Crippen molar-refractivity contribution in [2.45, 2.75) is 77.3 Å². The van der Waals surface area contributed by atoms with Gasteiger partial charge in [-0.3, -0.25) is 4.90 Å². The predicted octanol–water partition coefficient (Wildman–Crippen LogP) is 3.65. The highest BCUT2D eigenvalue weighted by atomic mass is 15.2. The van der Waals surface area contributed by atoms with Gasteiger partial charge in [0, 0.05) is 18.1 Å². The lowest BCUT2D eigenvalue weighted by Gasteiger charge is -2.52. The third-order valence-corrected chi connectivity index (χ3v) is 6.32. The third-order valence-electron chi connectivity index (χ3n) is 6.32. The van der Waals surface area contributed by atoms with Gasteiger partial charge < -0.3 is 5.73 Å². The number of likely N-dealkylation sites (N-methyl/N-ethyl adjacent to an activating group) is 1. The fourth-order valence-corrected chi connectivity index (χ4v) is 4.47.